The Morgan fingerprint density at radius 3 is 2.69 bits per heavy atom. The van der Waals surface area contributed by atoms with Gasteiger partial charge in [0.25, 0.3) is 5.91 Å². The highest BCUT2D eigenvalue weighted by atomic mass is 16.5. The number of nitrogens with one attached hydrogen (secondary N) is 1. The summed E-state index contributed by atoms with van der Waals surface area (Å²) in [6.45, 7) is 1.37. The normalized spacial score (nSPS) is 10.9. The summed E-state index contributed by atoms with van der Waals surface area (Å²) in [4.78, 5) is 14.8. The van der Waals surface area contributed by atoms with Gasteiger partial charge in [-0.05, 0) is 43.1 Å². The molecule has 0 saturated heterocycles. The van der Waals surface area contributed by atoms with Gasteiger partial charge in [0.15, 0.2) is 0 Å². The molecule has 1 amide bonds. The summed E-state index contributed by atoms with van der Waals surface area (Å²) in [6, 6.07) is 18.0. The van der Waals surface area contributed by atoms with Gasteiger partial charge in [0.1, 0.15) is 18.1 Å². The van der Waals surface area contributed by atoms with Crippen LogP contribution in [-0.2, 0) is 0 Å². The maximum atomic E-state index is 12.7. The molecule has 26 heavy (non-hydrogen) atoms. The third-order valence-electron chi connectivity index (χ3n) is 4.03. The van der Waals surface area contributed by atoms with Gasteiger partial charge in [0.05, 0.1) is 5.56 Å². The third kappa shape index (κ3) is 4.13. The third-order valence-corrected chi connectivity index (χ3v) is 4.03. The number of carbonyl (C=O) groups is 1. The second-order valence-corrected chi connectivity index (χ2v) is 6.31. The number of hydrogen-bond donors (Lipinski definition) is 2. The molecule has 5 heteroatoms. The summed E-state index contributed by atoms with van der Waals surface area (Å²) >= 11 is 0. The fourth-order valence-electron chi connectivity index (χ4n) is 2.70. The molecular weight excluding hydrogens is 328 g/mol. The molecule has 0 aliphatic rings. The number of likely N-dealkylation sites (N-methyl/N-ethyl adjacent to an activating group) is 1. The Labute approximate surface area is 152 Å². The van der Waals surface area contributed by atoms with Gasteiger partial charge in [-0.15, -0.1) is 0 Å². The van der Waals surface area contributed by atoms with E-state index in [2.05, 4.69) is 5.32 Å². The molecule has 3 aromatic rings. The number of phenolic OH excluding ortho intramolecular Hbond substituents is 1. The lowest BCUT2D eigenvalue weighted by molar-refractivity contribution is 0.102. The highest BCUT2D eigenvalue weighted by Crippen LogP contribution is 2.28. The summed E-state index contributed by atoms with van der Waals surface area (Å²) < 4.78 is 5.70. The predicted molar refractivity (Wildman–Crippen MR) is 104 cm³/mol. The molecule has 0 spiro atoms. The summed E-state index contributed by atoms with van der Waals surface area (Å²) in [7, 11) is 3.97. The molecule has 0 unspecified atom stereocenters. The molecular formula is C21H22N2O3. The number of rotatable bonds is 6. The van der Waals surface area contributed by atoms with Crippen molar-refractivity contribution in [2.75, 3.05) is 32.6 Å². The van der Waals surface area contributed by atoms with Crippen LogP contribution in [0.25, 0.3) is 10.8 Å². The minimum atomic E-state index is -0.357. The maximum absolute atomic E-state index is 12.7. The van der Waals surface area contributed by atoms with Crippen molar-refractivity contribution < 1.29 is 14.6 Å². The molecule has 0 saturated carbocycles. The van der Waals surface area contributed by atoms with Crippen LogP contribution in [0, 0.1) is 0 Å². The van der Waals surface area contributed by atoms with Crippen LogP contribution in [-0.4, -0.2) is 43.2 Å². The van der Waals surface area contributed by atoms with E-state index >= 15 is 0 Å². The number of carbonyl (C=O) groups excluding carboxylic acids is 1. The van der Waals surface area contributed by atoms with E-state index in [0.717, 1.165) is 11.9 Å². The molecule has 0 aromatic heterocycles. The zero-order valence-electron chi connectivity index (χ0n) is 14.9. The first-order valence-corrected chi connectivity index (χ1v) is 8.44. The van der Waals surface area contributed by atoms with Crippen molar-refractivity contribution in [3.63, 3.8) is 0 Å². The van der Waals surface area contributed by atoms with Crippen LogP contribution >= 0.6 is 0 Å². The smallest absolute Gasteiger partial charge is 0.260 e. The Morgan fingerprint density at radius 1 is 1.08 bits per heavy atom. The Bertz CT molecular complexity index is 922. The lowest BCUT2D eigenvalue weighted by atomic mass is 10.0. The van der Waals surface area contributed by atoms with E-state index in [1.807, 2.05) is 55.4 Å². The van der Waals surface area contributed by atoms with E-state index in [4.69, 9.17) is 4.74 Å². The SMILES string of the molecule is CN(C)CCOc1cccc(NC(=O)c2c(O)ccc3ccccc23)c1. The maximum Gasteiger partial charge on any atom is 0.260 e. The van der Waals surface area contributed by atoms with Gasteiger partial charge in [0.2, 0.25) is 0 Å². The first kappa shape index (κ1) is 17.8. The molecule has 3 rings (SSSR count). The number of anilines is 1. The summed E-state index contributed by atoms with van der Waals surface area (Å²) in [5, 5.41) is 14.6. The second-order valence-electron chi connectivity index (χ2n) is 6.31. The van der Waals surface area contributed by atoms with E-state index < -0.39 is 0 Å². The number of fused-ring (bicyclic) bond motifs is 1. The number of aromatic hydroxyl groups is 1. The standard InChI is InChI=1S/C21H22N2O3/c1-23(2)12-13-26-17-8-5-7-16(14-17)22-21(25)20-18-9-4-3-6-15(18)10-11-19(20)24/h3-11,14,24H,12-13H2,1-2H3,(H,22,25). The molecule has 134 valence electrons. The van der Waals surface area contributed by atoms with Crippen molar-refractivity contribution in [3.8, 4) is 11.5 Å². The first-order chi connectivity index (χ1) is 12.5. The van der Waals surface area contributed by atoms with Crippen LogP contribution in [0.4, 0.5) is 5.69 Å². The van der Waals surface area contributed by atoms with Crippen LogP contribution in [0.3, 0.4) is 0 Å². The molecule has 5 nitrogen and oxygen atoms in total. The minimum Gasteiger partial charge on any atom is -0.507 e. The van der Waals surface area contributed by atoms with Crippen molar-refractivity contribution in [1.29, 1.82) is 0 Å². The monoisotopic (exact) mass is 350 g/mol. The van der Waals surface area contributed by atoms with Gasteiger partial charge in [-0.2, -0.15) is 0 Å². The quantitative estimate of drug-likeness (QED) is 0.711. The number of benzene rings is 3. The molecule has 3 aromatic carbocycles. The fraction of sp³-hybridized carbons (Fsp3) is 0.190. The number of nitrogens with zero attached hydrogens (tertiary/aromatic N) is 1. The molecule has 0 bridgehead atoms. The molecule has 0 aliphatic carbocycles. The van der Waals surface area contributed by atoms with Crippen molar-refractivity contribution in [2.24, 2.45) is 0 Å². The van der Waals surface area contributed by atoms with Crippen molar-refractivity contribution in [1.82, 2.24) is 4.90 Å². The number of amides is 1. The average Bonchev–Trinajstić information content (AvgIpc) is 2.61. The van der Waals surface area contributed by atoms with Crippen LogP contribution in [0.5, 0.6) is 11.5 Å². The van der Waals surface area contributed by atoms with Gasteiger partial charge >= 0.3 is 0 Å². The fourth-order valence-corrected chi connectivity index (χ4v) is 2.70. The largest absolute Gasteiger partial charge is 0.507 e. The molecule has 0 radical (unpaired) electrons. The highest BCUT2D eigenvalue weighted by molar-refractivity contribution is 6.14. The van der Waals surface area contributed by atoms with Crippen molar-refractivity contribution in [3.05, 3.63) is 66.2 Å². The van der Waals surface area contributed by atoms with Gasteiger partial charge in [-0.25, -0.2) is 0 Å². The van der Waals surface area contributed by atoms with Crippen LogP contribution < -0.4 is 10.1 Å². The molecule has 0 aliphatic heterocycles. The zero-order valence-corrected chi connectivity index (χ0v) is 14.9. The molecule has 0 atom stereocenters. The lowest BCUT2D eigenvalue weighted by Crippen LogP contribution is -2.19. The summed E-state index contributed by atoms with van der Waals surface area (Å²) in [5.74, 6) is 0.288. The second kappa shape index (κ2) is 7.89. The average molecular weight is 350 g/mol. The lowest BCUT2D eigenvalue weighted by Gasteiger charge is -2.13. The minimum absolute atomic E-state index is 0.0420. The molecule has 0 fully saturated rings. The number of hydrogen-bond acceptors (Lipinski definition) is 4. The molecule has 2 N–H and O–H groups in total. The summed E-state index contributed by atoms with van der Waals surface area (Å²) in [5.41, 5.74) is 0.881. The zero-order chi connectivity index (χ0) is 18.5. The highest BCUT2D eigenvalue weighted by Gasteiger charge is 2.15. The van der Waals surface area contributed by atoms with E-state index in [1.54, 1.807) is 18.2 Å². The van der Waals surface area contributed by atoms with E-state index in [0.29, 0.717) is 23.4 Å². The topological polar surface area (TPSA) is 61.8 Å². The van der Waals surface area contributed by atoms with Gasteiger partial charge in [-0.3, -0.25) is 4.79 Å². The number of ether oxygens (including phenoxy) is 1. The number of phenols is 1. The van der Waals surface area contributed by atoms with Crippen LogP contribution in [0.15, 0.2) is 60.7 Å². The van der Waals surface area contributed by atoms with Crippen molar-refractivity contribution >= 4 is 22.4 Å². The van der Waals surface area contributed by atoms with Gasteiger partial charge in [0, 0.05) is 18.3 Å². The van der Waals surface area contributed by atoms with E-state index in [-0.39, 0.29) is 17.2 Å². The van der Waals surface area contributed by atoms with Gasteiger partial charge < -0.3 is 20.1 Å². The first-order valence-electron chi connectivity index (χ1n) is 8.44. The van der Waals surface area contributed by atoms with Crippen LogP contribution in [0.1, 0.15) is 10.4 Å². The van der Waals surface area contributed by atoms with Crippen molar-refractivity contribution in [2.45, 2.75) is 0 Å². The van der Waals surface area contributed by atoms with E-state index in [9.17, 15) is 9.90 Å². The Kier molecular flexibility index (Phi) is 5.39. The Balaban J connectivity index is 1.80. The Hall–Kier alpha value is -3.05. The van der Waals surface area contributed by atoms with Crippen LogP contribution in [0.2, 0.25) is 0 Å². The molecule has 0 heterocycles. The predicted octanol–water partition coefficient (Wildman–Crippen LogP) is 3.74. The van der Waals surface area contributed by atoms with E-state index in [1.165, 1.54) is 6.07 Å². The van der Waals surface area contributed by atoms with Gasteiger partial charge in [-0.1, -0.05) is 36.4 Å². The Morgan fingerprint density at radius 2 is 1.88 bits per heavy atom. The summed E-state index contributed by atoms with van der Waals surface area (Å²) in [6.07, 6.45) is 0.